The Hall–Kier alpha value is -2.91. The maximum absolute atomic E-state index is 9.77. The lowest BCUT2D eigenvalue weighted by Crippen LogP contribution is -2.05. The van der Waals surface area contributed by atoms with Gasteiger partial charge in [-0.3, -0.25) is 0 Å². The van der Waals surface area contributed by atoms with E-state index in [2.05, 4.69) is 25.9 Å². The van der Waals surface area contributed by atoms with E-state index in [9.17, 15) is 5.26 Å². The first-order valence-electron chi connectivity index (χ1n) is 9.04. The van der Waals surface area contributed by atoms with E-state index in [1.807, 2.05) is 37.3 Å². The number of halogens is 1. The van der Waals surface area contributed by atoms with Gasteiger partial charge in [-0.15, -0.1) is 10.2 Å². The van der Waals surface area contributed by atoms with Crippen molar-refractivity contribution < 1.29 is 0 Å². The van der Waals surface area contributed by atoms with E-state index in [-0.39, 0.29) is 0 Å². The van der Waals surface area contributed by atoms with Gasteiger partial charge < -0.3 is 4.57 Å². The Labute approximate surface area is 162 Å². The Balaban J connectivity index is 1.78. The van der Waals surface area contributed by atoms with Crippen LogP contribution in [-0.4, -0.2) is 24.5 Å². The summed E-state index contributed by atoms with van der Waals surface area (Å²) in [6.07, 6.45) is 6.02. The van der Waals surface area contributed by atoms with Crippen molar-refractivity contribution in [3.63, 3.8) is 0 Å². The van der Waals surface area contributed by atoms with Gasteiger partial charge in [-0.1, -0.05) is 36.2 Å². The average Bonchev–Trinajstić information content (AvgIpc) is 3.11. The average molecular weight is 379 g/mol. The first kappa shape index (κ1) is 17.5. The fourth-order valence-electron chi connectivity index (χ4n) is 3.39. The zero-order chi connectivity index (χ0) is 18.8. The molecule has 3 aromatic rings. The molecule has 0 amide bonds. The highest BCUT2D eigenvalue weighted by Gasteiger charge is 2.20. The minimum absolute atomic E-state index is 0.452. The van der Waals surface area contributed by atoms with Crippen molar-refractivity contribution in [3.05, 3.63) is 58.4 Å². The Morgan fingerprint density at radius 2 is 2.00 bits per heavy atom. The maximum Gasteiger partial charge on any atom is 0.174 e. The van der Waals surface area contributed by atoms with Crippen LogP contribution in [0, 0.1) is 18.3 Å². The van der Waals surface area contributed by atoms with Crippen molar-refractivity contribution in [2.45, 2.75) is 39.2 Å². The highest BCUT2D eigenvalue weighted by Crippen LogP contribution is 2.28. The number of benzene rings is 1. The van der Waals surface area contributed by atoms with Crippen LogP contribution in [0.1, 0.15) is 42.2 Å². The molecule has 4 rings (SSSR count). The van der Waals surface area contributed by atoms with Crippen LogP contribution >= 0.6 is 11.6 Å². The summed E-state index contributed by atoms with van der Waals surface area (Å²) < 4.78 is 3.74. The fraction of sp³-hybridized carbons (Fsp3) is 0.300. The third-order valence-electron chi connectivity index (χ3n) is 4.81. The van der Waals surface area contributed by atoms with Gasteiger partial charge in [0.05, 0.1) is 17.0 Å². The molecule has 0 radical (unpaired) electrons. The quantitative estimate of drug-likeness (QED) is 0.640. The largest absolute Gasteiger partial charge is 0.310 e. The molecule has 2 aromatic heterocycles. The number of para-hydroxylation sites is 1. The number of aromatic nitrogens is 5. The van der Waals surface area contributed by atoms with Crippen LogP contribution in [0.15, 0.2) is 30.3 Å². The predicted molar refractivity (Wildman–Crippen MR) is 104 cm³/mol. The Bertz CT molecular complexity index is 1040. The molecule has 7 heteroatoms. The molecule has 1 aliphatic rings. The van der Waals surface area contributed by atoms with Gasteiger partial charge in [0.2, 0.25) is 0 Å². The molecule has 136 valence electrons. The number of hydrogen-bond acceptors (Lipinski definition) is 4. The molecule has 0 saturated heterocycles. The summed E-state index contributed by atoms with van der Waals surface area (Å²) in [4.78, 5) is 0. The molecule has 0 saturated carbocycles. The van der Waals surface area contributed by atoms with Crippen LogP contribution in [0.5, 0.6) is 0 Å². The molecule has 3 heterocycles. The van der Waals surface area contributed by atoms with Crippen molar-refractivity contribution in [2.24, 2.45) is 0 Å². The second kappa shape index (κ2) is 7.37. The molecule has 6 nitrogen and oxygen atoms in total. The van der Waals surface area contributed by atoms with Gasteiger partial charge in [0.1, 0.15) is 17.0 Å². The molecule has 0 bridgehead atoms. The first-order valence-corrected chi connectivity index (χ1v) is 9.41. The molecule has 0 spiro atoms. The SMILES string of the molecule is Cc1nn(-c2ccccc2)c(Cl)c1/C=C(\C#N)c1nnc2n1CCCCC2. The Morgan fingerprint density at radius 3 is 2.78 bits per heavy atom. The lowest BCUT2D eigenvalue weighted by atomic mass is 10.1. The summed E-state index contributed by atoms with van der Waals surface area (Å²) in [5.41, 5.74) is 2.81. The van der Waals surface area contributed by atoms with Crippen LogP contribution in [0.3, 0.4) is 0 Å². The second-order valence-corrected chi connectivity index (χ2v) is 6.97. The smallest absolute Gasteiger partial charge is 0.174 e. The van der Waals surface area contributed by atoms with Crippen molar-refractivity contribution in [2.75, 3.05) is 0 Å². The van der Waals surface area contributed by atoms with Crippen LogP contribution in [0.25, 0.3) is 17.3 Å². The topological polar surface area (TPSA) is 72.3 Å². The highest BCUT2D eigenvalue weighted by atomic mass is 35.5. The van der Waals surface area contributed by atoms with E-state index in [1.54, 1.807) is 10.8 Å². The maximum atomic E-state index is 9.77. The number of allylic oxidation sites excluding steroid dienone is 1. The molecule has 0 aliphatic carbocycles. The highest BCUT2D eigenvalue weighted by molar-refractivity contribution is 6.31. The number of hydrogen-bond donors (Lipinski definition) is 0. The third-order valence-corrected chi connectivity index (χ3v) is 5.17. The van der Waals surface area contributed by atoms with E-state index in [1.165, 1.54) is 6.42 Å². The summed E-state index contributed by atoms with van der Waals surface area (Å²) >= 11 is 6.60. The van der Waals surface area contributed by atoms with Crippen molar-refractivity contribution in [1.29, 1.82) is 5.26 Å². The van der Waals surface area contributed by atoms with Crippen molar-refractivity contribution in [1.82, 2.24) is 24.5 Å². The molecule has 0 N–H and O–H groups in total. The fourth-order valence-corrected chi connectivity index (χ4v) is 3.72. The summed E-state index contributed by atoms with van der Waals surface area (Å²) in [5, 5.41) is 23.4. The molecule has 0 atom stereocenters. The molecular weight excluding hydrogens is 360 g/mol. The van der Waals surface area contributed by atoms with Crippen LogP contribution in [-0.2, 0) is 13.0 Å². The molecule has 1 aromatic carbocycles. The van der Waals surface area contributed by atoms with Crippen LogP contribution in [0.2, 0.25) is 5.15 Å². The van der Waals surface area contributed by atoms with E-state index in [4.69, 9.17) is 11.6 Å². The van der Waals surface area contributed by atoms with Gasteiger partial charge in [-0.25, -0.2) is 4.68 Å². The van der Waals surface area contributed by atoms with E-state index < -0.39 is 0 Å². The van der Waals surface area contributed by atoms with E-state index in [0.29, 0.717) is 16.6 Å². The summed E-state index contributed by atoms with van der Waals surface area (Å²) in [6.45, 7) is 2.73. The van der Waals surface area contributed by atoms with Gasteiger partial charge in [0.15, 0.2) is 5.82 Å². The van der Waals surface area contributed by atoms with Gasteiger partial charge in [0.25, 0.3) is 0 Å². The summed E-state index contributed by atoms with van der Waals surface area (Å²) in [7, 11) is 0. The second-order valence-electron chi connectivity index (χ2n) is 6.61. The number of nitrogens with zero attached hydrogens (tertiary/aromatic N) is 6. The van der Waals surface area contributed by atoms with Gasteiger partial charge in [-0.2, -0.15) is 10.4 Å². The van der Waals surface area contributed by atoms with Crippen LogP contribution < -0.4 is 0 Å². The zero-order valence-corrected chi connectivity index (χ0v) is 15.8. The predicted octanol–water partition coefficient (Wildman–Crippen LogP) is 4.22. The standard InChI is InChI=1S/C20H19ClN6/c1-14-17(19(21)27(25-14)16-8-4-2-5-9-16)12-15(13-22)20-24-23-18-10-6-3-7-11-26(18)20/h2,4-5,8-9,12H,3,6-7,10-11H2,1H3/b15-12+. The first-order chi connectivity index (χ1) is 13.2. The summed E-state index contributed by atoms with van der Waals surface area (Å²) in [5.74, 6) is 1.56. The molecule has 27 heavy (non-hydrogen) atoms. The Kier molecular flexibility index (Phi) is 4.78. The van der Waals surface area contributed by atoms with Crippen molar-refractivity contribution >= 4 is 23.3 Å². The summed E-state index contributed by atoms with van der Waals surface area (Å²) in [6, 6.07) is 12.0. The lowest BCUT2D eigenvalue weighted by Gasteiger charge is -2.06. The minimum Gasteiger partial charge on any atom is -0.310 e. The van der Waals surface area contributed by atoms with Crippen LogP contribution in [0.4, 0.5) is 0 Å². The number of rotatable bonds is 3. The van der Waals surface area contributed by atoms with Crippen molar-refractivity contribution in [3.8, 4) is 11.8 Å². The molecule has 1 aliphatic heterocycles. The van der Waals surface area contributed by atoms with E-state index >= 15 is 0 Å². The van der Waals surface area contributed by atoms with Gasteiger partial charge >= 0.3 is 0 Å². The number of aryl methyl sites for hydroxylation is 2. The lowest BCUT2D eigenvalue weighted by molar-refractivity contribution is 0.627. The number of fused-ring (bicyclic) bond motifs is 1. The molecule has 0 fully saturated rings. The number of nitriles is 1. The third kappa shape index (κ3) is 3.26. The Morgan fingerprint density at radius 1 is 1.19 bits per heavy atom. The minimum atomic E-state index is 0.452. The normalized spacial score (nSPS) is 14.5. The van der Waals surface area contributed by atoms with Gasteiger partial charge in [0, 0.05) is 18.5 Å². The van der Waals surface area contributed by atoms with Gasteiger partial charge in [-0.05, 0) is 38.0 Å². The molecule has 0 unspecified atom stereocenters. The monoisotopic (exact) mass is 378 g/mol. The zero-order valence-electron chi connectivity index (χ0n) is 15.1. The van der Waals surface area contributed by atoms with E-state index in [0.717, 1.165) is 48.6 Å². The molecular formula is C20H19ClN6.